The molecule has 0 amide bonds. The average Bonchev–Trinajstić information content (AvgIpc) is 2.90. The third kappa shape index (κ3) is 3.68. The van der Waals surface area contributed by atoms with Gasteiger partial charge < -0.3 is 19.7 Å². The molecule has 0 aromatic rings. The van der Waals surface area contributed by atoms with Crippen molar-refractivity contribution < 1.29 is 29.3 Å². The highest BCUT2D eigenvalue weighted by Crippen LogP contribution is 2.63. The molecule has 0 radical (unpaired) electrons. The number of ether oxygens (including phenoxy) is 2. The van der Waals surface area contributed by atoms with Gasteiger partial charge in [-0.2, -0.15) is 0 Å². The SMILES string of the molecule is C[C@H](O)C/C=C/C=C/C(=O)O[C@H]1C=C2COC(=O)[C@]2(O)[C@@]2(C)CCCC(C)(C)[C@H]12. The molecule has 3 aliphatic rings. The molecule has 2 N–H and O–H groups in total. The quantitative estimate of drug-likeness (QED) is 0.317. The second-order valence-corrected chi connectivity index (χ2v) is 9.49. The zero-order valence-electron chi connectivity index (χ0n) is 17.7. The molecule has 160 valence electrons. The van der Waals surface area contributed by atoms with Crippen LogP contribution in [0.3, 0.4) is 0 Å². The van der Waals surface area contributed by atoms with Crippen LogP contribution in [0.2, 0.25) is 0 Å². The summed E-state index contributed by atoms with van der Waals surface area (Å²) in [6.07, 6.45) is 10.1. The highest BCUT2D eigenvalue weighted by atomic mass is 16.6. The Morgan fingerprint density at radius 1 is 1.34 bits per heavy atom. The number of cyclic esters (lactones) is 1. The number of esters is 2. The van der Waals surface area contributed by atoms with Gasteiger partial charge in [0.2, 0.25) is 0 Å². The van der Waals surface area contributed by atoms with Gasteiger partial charge in [0.25, 0.3) is 0 Å². The van der Waals surface area contributed by atoms with E-state index in [1.807, 2.05) is 6.92 Å². The van der Waals surface area contributed by atoms with Crippen LogP contribution in [0.25, 0.3) is 0 Å². The summed E-state index contributed by atoms with van der Waals surface area (Å²) in [6, 6.07) is 0. The maximum absolute atomic E-state index is 12.5. The van der Waals surface area contributed by atoms with E-state index in [0.717, 1.165) is 12.8 Å². The van der Waals surface area contributed by atoms with Gasteiger partial charge in [0.05, 0.1) is 6.10 Å². The van der Waals surface area contributed by atoms with Crippen molar-refractivity contribution in [3.63, 3.8) is 0 Å². The van der Waals surface area contributed by atoms with Gasteiger partial charge in [-0.15, -0.1) is 0 Å². The van der Waals surface area contributed by atoms with Gasteiger partial charge in [-0.05, 0) is 37.7 Å². The molecule has 6 nitrogen and oxygen atoms in total. The molecule has 6 heteroatoms. The highest BCUT2D eigenvalue weighted by molar-refractivity contribution is 5.88. The Kier molecular flexibility index (Phi) is 5.80. The molecule has 0 unspecified atom stereocenters. The summed E-state index contributed by atoms with van der Waals surface area (Å²) in [5, 5.41) is 20.7. The number of fused-ring (bicyclic) bond motifs is 3. The first-order valence-electron chi connectivity index (χ1n) is 10.3. The van der Waals surface area contributed by atoms with Gasteiger partial charge in [0.1, 0.15) is 12.7 Å². The van der Waals surface area contributed by atoms with Gasteiger partial charge in [0.15, 0.2) is 5.60 Å². The number of hydrogen-bond donors (Lipinski definition) is 2. The fraction of sp³-hybridized carbons (Fsp3) is 0.652. The van der Waals surface area contributed by atoms with Crippen molar-refractivity contribution in [2.45, 2.75) is 71.2 Å². The number of aliphatic hydroxyl groups is 2. The molecule has 0 spiro atoms. The van der Waals surface area contributed by atoms with Gasteiger partial charge in [-0.25, -0.2) is 9.59 Å². The van der Waals surface area contributed by atoms with E-state index in [1.165, 1.54) is 6.08 Å². The molecule has 1 saturated carbocycles. The number of carbonyl (C=O) groups is 2. The molecule has 2 aliphatic carbocycles. The molecule has 0 aromatic heterocycles. The van der Waals surface area contributed by atoms with Crippen LogP contribution in [0.1, 0.15) is 53.4 Å². The van der Waals surface area contributed by atoms with Crippen molar-refractivity contribution >= 4 is 11.9 Å². The van der Waals surface area contributed by atoms with E-state index in [1.54, 1.807) is 31.2 Å². The van der Waals surface area contributed by atoms with Crippen LogP contribution < -0.4 is 0 Å². The molecule has 1 heterocycles. The van der Waals surface area contributed by atoms with Crippen LogP contribution in [0.4, 0.5) is 0 Å². The fourth-order valence-electron chi connectivity index (χ4n) is 5.61. The predicted octanol–water partition coefficient (Wildman–Crippen LogP) is 2.84. The zero-order chi connectivity index (χ0) is 21.4. The Morgan fingerprint density at radius 2 is 2.07 bits per heavy atom. The minimum atomic E-state index is -1.65. The van der Waals surface area contributed by atoms with E-state index in [-0.39, 0.29) is 17.9 Å². The first kappa shape index (κ1) is 21.8. The number of aliphatic hydroxyl groups excluding tert-OH is 1. The third-order valence-corrected chi connectivity index (χ3v) is 6.89. The lowest BCUT2D eigenvalue weighted by Gasteiger charge is -2.59. The van der Waals surface area contributed by atoms with Crippen molar-refractivity contribution in [1.29, 1.82) is 0 Å². The monoisotopic (exact) mass is 404 g/mol. The Hall–Kier alpha value is -1.92. The van der Waals surface area contributed by atoms with Crippen molar-refractivity contribution in [1.82, 2.24) is 0 Å². The minimum absolute atomic E-state index is 0.0318. The van der Waals surface area contributed by atoms with E-state index < -0.39 is 35.2 Å². The summed E-state index contributed by atoms with van der Waals surface area (Å²) in [5.74, 6) is -1.29. The summed E-state index contributed by atoms with van der Waals surface area (Å²) in [4.78, 5) is 25.0. The summed E-state index contributed by atoms with van der Waals surface area (Å²) in [6.45, 7) is 7.86. The Balaban J connectivity index is 1.87. The van der Waals surface area contributed by atoms with Crippen LogP contribution in [-0.2, 0) is 19.1 Å². The second kappa shape index (κ2) is 7.73. The van der Waals surface area contributed by atoms with Crippen molar-refractivity contribution in [3.8, 4) is 0 Å². The molecule has 3 rings (SSSR count). The summed E-state index contributed by atoms with van der Waals surface area (Å²) in [5.41, 5.74) is -2.15. The summed E-state index contributed by atoms with van der Waals surface area (Å²) >= 11 is 0. The number of allylic oxidation sites excluding steroid dienone is 2. The lowest BCUT2D eigenvalue weighted by molar-refractivity contribution is -0.194. The molecule has 1 aliphatic heterocycles. The lowest BCUT2D eigenvalue weighted by atomic mass is 9.46. The smallest absolute Gasteiger partial charge is 0.343 e. The van der Waals surface area contributed by atoms with E-state index >= 15 is 0 Å². The fourth-order valence-corrected chi connectivity index (χ4v) is 5.61. The van der Waals surface area contributed by atoms with Crippen LogP contribution in [0.15, 0.2) is 36.0 Å². The molecule has 29 heavy (non-hydrogen) atoms. The van der Waals surface area contributed by atoms with Gasteiger partial charge in [-0.3, -0.25) is 0 Å². The largest absolute Gasteiger partial charge is 0.459 e. The van der Waals surface area contributed by atoms with E-state index in [9.17, 15) is 19.8 Å². The Morgan fingerprint density at radius 3 is 2.76 bits per heavy atom. The Bertz CT molecular complexity index is 761. The van der Waals surface area contributed by atoms with Crippen LogP contribution in [0.5, 0.6) is 0 Å². The summed E-state index contributed by atoms with van der Waals surface area (Å²) < 4.78 is 11.0. The number of carbonyl (C=O) groups excluding carboxylic acids is 2. The van der Waals surface area contributed by atoms with Gasteiger partial charge in [0, 0.05) is 23.0 Å². The third-order valence-electron chi connectivity index (χ3n) is 6.89. The lowest BCUT2D eigenvalue weighted by Crippen LogP contribution is -2.65. The topological polar surface area (TPSA) is 93.1 Å². The maximum Gasteiger partial charge on any atom is 0.343 e. The van der Waals surface area contributed by atoms with Crippen molar-refractivity contribution in [2.75, 3.05) is 6.61 Å². The molecular weight excluding hydrogens is 372 g/mol. The maximum atomic E-state index is 12.5. The van der Waals surface area contributed by atoms with Crippen LogP contribution in [-0.4, -0.2) is 46.6 Å². The molecule has 0 bridgehead atoms. The molecule has 0 aromatic carbocycles. The number of hydrogen-bond acceptors (Lipinski definition) is 6. The zero-order valence-corrected chi connectivity index (χ0v) is 17.7. The summed E-state index contributed by atoms with van der Waals surface area (Å²) in [7, 11) is 0. The molecule has 1 saturated heterocycles. The normalized spacial score (nSPS) is 37.0. The van der Waals surface area contributed by atoms with Crippen molar-refractivity contribution in [2.24, 2.45) is 16.7 Å². The molecule has 5 atom stereocenters. The van der Waals surface area contributed by atoms with Crippen LogP contribution in [0, 0.1) is 16.7 Å². The standard InChI is InChI=1S/C23H32O6/c1-15(24)9-6-5-7-10-18(25)29-17-13-16-14-28-20(26)23(16,27)22(4)12-8-11-21(2,3)19(17)22/h5-7,10,13,15,17,19,24,27H,8-9,11-12,14H2,1-4H3/b6-5+,10-7+/t15-,17-,19-,22-,23-/m0/s1. The molecule has 2 fully saturated rings. The van der Waals surface area contributed by atoms with Gasteiger partial charge >= 0.3 is 11.9 Å². The average molecular weight is 405 g/mol. The Labute approximate surface area is 172 Å². The first-order valence-corrected chi connectivity index (χ1v) is 10.3. The van der Waals surface area contributed by atoms with Gasteiger partial charge in [-0.1, -0.05) is 45.4 Å². The first-order chi connectivity index (χ1) is 13.5. The highest BCUT2D eigenvalue weighted by Gasteiger charge is 2.69. The predicted molar refractivity (Wildman–Crippen MR) is 108 cm³/mol. The van der Waals surface area contributed by atoms with E-state index in [2.05, 4.69) is 13.8 Å². The van der Waals surface area contributed by atoms with E-state index in [0.29, 0.717) is 18.4 Å². The minimum Gasteiger partial charge on any atom is -0.459 e. The second-order valence-electron chi connectivity index (χ2n) is 9.49. The van der Waals surface area contributed by atoms with E-state index in [4.69, 9.17) is 9.47 Å². The van der Waals surface area contributed by atoms with Crippen LogP contribution >= 0.6 is 0 Å². The number of rotatable bonds is 5. The van der Waals surface area contributed by atoms with Crippen molar-refractivity contribution in [3.05, 3.63) is 36.0 Å². The molecular formula is C23H32O6.